The number of nitrogens with zero attached hydrogens (tertiary/aromatic N) is 2. The van der Waals surface area contributed by atoms with Gasteiger partial charge >= 0.3 is 5.97 Å². The number of nitrogens with one attached hydrogen (secondary N) is 1. The van der Waals surface area contributed by atoms with Gasteiger partial charge in [-0.3, -0.25) is 9.59 Å². The zero-order valence-electron chi connectivity index (χ0n) is 13.1. The third-order valence-electron chi connectivity index (χ3n) is 3.93. The fourth-order valence-corrected chi connectivity index (χ4v) is 2.24. The number of aryl methyl sites for hydroxylation is 1. The van der Waals surface area contributed by atoms with E-state index in [0.717, 1.165) is 0 Å². The van der Waals surface area contributed by atoms with Crippen LogP contribution in [0.15, 0.2) is 28.8 Å². The van der Waals surface area contributed by atoms with E-state index >= 15 is 0 Å². The molecule has 2 N–H and O–H groups in total. The summed E-state index contributed by atoms with van der Waals surface area (Å²) in [7, 11) is 0. The Hall–Kier alpha value is -2.90. The molecule has 1 fully saturated rings. The number of ether oxygens (including phenoxy) is 1. The van der Waals surface area contributed by atoms with Crippen molar-refractivity contribution in [3.63, 3.8) is 0 Å². The first-order chi connectivity index (χ1) is 11.5. The van der Waals surface area contributed by atoms with Crippen LogP contribution < -0.4 is 10.1 Å². The van der Waals surface area contributed by atoms with Crippen LogP contribution in [-0.4, -0.2) is 33.7 Å². The standard InChI is InChI=1S/C16H17N3O5/c1-10-18-13(19-24-10)8-23-12-4-2-3-11(7-12)14(20)17-9-16(5-6-16)15(21)22/h2-4,7H,5-6,8-9H2,1H3,(H,17,20)(H,21,22). The summed E-state index contributed by atoms with van der Waals surface area (Å²) in [5.74, 6) is 0.164. The molecular formula is C16H17N3O5. The Morgan fingerprint density at radius 3 is 2.83 bits per heavy atom. The van der Waals surface area contributed by atoms with Crippen molar-refractivity contribution in [3.8, 4) is 5.75 Å². The number of carboxylic acid groups (broad SMARTS) is 1. The van der Waals surface area contributed by atoms with Gasteiger partial charge in [-0.1, -0.05) is 11.2 Å². The molecule has 1 aliphatic carbocycles. The summed E-state index contributed by atoms with van der Waals surface area (Å²) >= 11 is 0. The van der Waals surface area contributed by atoms with Crippen LogP contribution in [0.2, 0.25) is 0 Å². The Bertz CT molecular complexity index is 767. The average Bonchev–Trinajstić information content (AvgIpc) is 3.26. The third kappa shape index (κ3) is 3.53. The van der Waals surface area contributed by atoms with Crippen molar-refractivity contribution in [2.24, 2.45) is 5.41 Å². The number of amides is 1. The lowest BCUT2D eigenvalue weighted by Crippen LogP contribution is -2.34. The van der Waals surface area contributed by atoms with E-state index in [1.165, 1.54) is 0 Å². The number of rotatable bonds is 7. The number of benzene rings is 1. The highest BCUT2D eigenvalue weighted by Gasteiger charge is 2.50. The van der Waals surface area contributed by atoms with Crippen molar-refractivity contribution in [3.05, 3.63) is 41.5 Å². The molecular weight excluding hydrogens is 314 g/mol. The Morgan fingerprint density at radius 1 is 1.42 bits per heavy atom. The molecule has 8 heteroatoms. The van der Waals surface area contributed by atoms with Crippen LogP contribution in [0.3, 0.4) is 0 Å². The highest BCUT2D eigenvalue weighted by Crippen LogP contribution is 2.45. The van der Waals surface area contributed by atoms with Gasteiger partial charge in [0.1, 0.15) is 5.75 Å². The second-order valence-corrected chi connectivity index (χ2v) is 5.81. The lowest BCUT2D eigenvalue weighted by atomic mass is 10.1. The van der Waals surface area contributed by atoms with Crippen molar-refractivity contribution >= 4 is 11.9 Å². The van der Waals surface area contributed by atoms with Crippen LogP contribution in [0.5, 0.6) is 5.75 Å². The first-order valence-electron chi connectivity index (χ1n) is 7.52. The van der Waals surface area contributed by atoms with Gasteiger partial charge in [-0.25, -0.2) is 0 Å². The number of hydrogen-bond donors (Lipinski definition) is 2. The molecule has 0 bridgehead atoms. The Balaban J connectivity index is 1.58. The average molecular weight is 331 g/mol. The predicted octanol–water partition coefficient (Wildman–Crippen LogP) is 1.55. The van der Waals surface area contributed by atoms with E-state index in [9.17, 15) is 9.59 Å². The maximum absolute atomic E-state index is 12.2. The number of aliphatic carboxylic acids is 1. The Morgan fingerprint density at radius 2 is 2.21 bits per heavy atom. The molecule has 0 aliphatic heterocycles. The molecule has 8 nitrogen and oxygen atoms in total. The zero-order valence-corrected chi connectivity index (χ0v) is 13.1. The summed E-state index contributed by atoms with van der Waals surface area (Å²) in [4.78, 5) is 27.3. The molecule has 126 valence electrons. The third-order valence-corrected chi connectivity index (χ3v) is 3.93. The molecule has 1 aromatic carbocycles. The van der Waals surface area contributed by atoms with Crippen molar-refractivity contribution in [1.82, 2.24) is 15.5 Å². The first kappa shape index (κ1) is 16.0. The molecule has 1 saturated carbocycles. The minimum Gasteiger partial charge on any atom is -0.485 e. The Labute approximate surface area is 137 Å². The lowest BCUT2D eigenvalue weighted by molar-refractivity contribution is -0.143. The molecule has 24 heavy (non-hydrogen) atoms. The van der Waals surface area contributed by atoms with Gasteiger partial charge in [0.05, 0.1) is 5.41 Å². The van der Waals surface area contributed by atoms with E-state index in [1.807, 2.05) is 0 Å². The van der Waals surface area contributed by atoms with E-state index in [-0.39, 0.29) is 19.1 Å². The quantitative estimate of drug-likeness (QED) is 0.791. The molecule has 0 spiro atoms. The van der Waals surface area contributed by atoms with Crippen LogP contribution in [0, 0.1) is 12.3 Å². The fourth-order valence-electron chi connectivity index (χ4n) is 2.24. The molecule has 0 unspecified atom stereocenters. The van der Waals surface area contributed by atoms with E-state index in [1.54, 1.807) is 31.2 Å². The summed E-state index contributed by atoms with van der Waals surface area (Å²) < 4.78 is 10.4. The van der Waals surface area contributed by atoms with Gasteiger partial charge in [-0.05, 0) is 31.0 Å². The van der Waals surface area contributed by atoms with Gasteiger partial charge in [0.15, 0.2) is 6.61 Å². The number of carbonyl (C=O) groups excluding carboxylic acids is 1. The minimum atomic E-state index is -0.865. The van der Waals surface area contributed by atoms with Crippen LogP contribution in [0.1, 0.15) is 34.9 Å². The van der Waals surface area contributed by atoms with Crippen molar-refractivity contribution in [1.29, 1.82) is 0 Å². The van der Waals surface area contributed by atoms with E-state index in [0.29, 0.717) is 35.9 Å². The zero-order chi connectivity index (χ0) is 17.2. The van der Waals surface area contributed by atoms with Crippen molar-refractivity contribution < 1.29 is 24.0 Å². The number of carbonyl (C=O) groups is 2. The fraction of sp³-hybridized carbons (Fsp3) is 0.375. The smallest absolute Gasteiger partial charge is 0.311 e. The SMILES string of the molecule is Cc1nc(COc2cccc(C(=O)NCC3(C(=O)O)CC3)c2)no1. The molecule has 1 aliphatic rings. The molecule has 3 rings (SSSR count). The van der Waals surface area contributed by atoms with Crippen molar-refractivity contribution in [2.75, 3.05) is 6.54 Å². The molecule has 0 atom stereocenters. The van der Waals surface area contributed by atoms with Crippen molar-refractivity contribution in [2.45, 2.75) is 26.4 Å². The van der Waals surface area contributed by atoms with Crippen LogP contribution in [-0.2, 0) is 11.4 Å². The number of aromatic nitrogens is 2. The van der Waals surface area contributed by atoms with Gasteiger partial charge in [0.2, 0.25) is 11.7 Å². The predicted molar refractivity (Wildman–Crippen MR) is 81.4 cm³/mol. The van der Waals surface area contributed by atoms with E-state index < -0.39 is 11.4 Å². The lowest BCUT2D eigenvalue weighted by Gasteiger charge is -2.11. The molecule has 0 saturated heterocycles. The topological polar surface area (TPSA) is 115 Å². The second-order valence-electron chi connectivity index (χ2n) is 5.81. The monoisotopic (exact) mass is 331 g/mol. The van der Waals surface area contributed by atoms with Gasteiger partial charge in [0, 0.05) is 19.0 Å². The minimum absolute atomic E-state index is 0.130. The maximum atomic E-state index is 12.2. The van der Waals surface area contributed by atoms with Gasteiger partial charge in [-0.2, -0.15) is 4.98 Å². The maximum Gasteiger partial charge on any atom is 0.311 e. The summed E-state index contributed by atoms with van der Waals surface area (Å²) in [6, 6.07) is 6.63. The summed E-state index contributed by atoms with van der Waals surface area (Å²) in [6.45, 7) is 1.95. The molecule has 1 heterocycles. The van der Waals surface area contributed by atoms with Gasteiger partial charge in [-0.15, -0.1) is 0 Å². The highest BCUT2D eigenvalue weighted by atomic mass is 16.5. The first-order valence-corrected chi connectivity index (χ1v) is 7.52. The van der Waals surface area contributed by atoms with Gasteiger partial charge < -0.3 is 19.7 Å². The van der Waals surface area contributed by atoms with Crippen LogP contribution in [0.4, 0.5) is 0 Å². The largest absolute Gasteiger partial charge is 0.485 e. The van der Waals surface area contributed by atoms with Crippen LogP contribution in [0.25, 0.3) is 0 Å². The molecule has 1 amide bonds. The number of hydrogen-bond acceptors (Lipinski definition) is 6. The summed E-state index contributed by atoms with van der Waals surface area (Å²) in [6.07, 6.45) is 1.19. The summed E-state index contributed by atoms with van der Waals surface area (Å²) in [5.41, 5.74) is -0.391. The van der Waals surface area contributed by atoms with Crippen LogP contribution >= 0.6 is 0 Å². The van der Waals surface area contributed by atoms with E-state index in [4.69, 9.17) is 14.4 Å². The molecule has 0 radical (unpaired) electrons. The van der Waals surface area contributed by atoms with E-state index in [2.05, 4.69) is 15.5 Å². The molecule has 1 aromatic heterocycles. The Kier molecular flexibility index (Phi) is 4.20. The number of carboxylic acids is 1. The van der Waals surface area contributed by atoms with Gasteiger partial charge in [0.25, 0.3) is 5.91 Å². The molecule has 2 aromatic rings. The normalized spacial score (nSPS) is 14.9. The highest BCUT2D eigenvalue weighted by molar-refractivity contribution is 5.95. The second kappa shape index (κ2) is 6.31. The summed E-state index contributed by atoms with van der Waals surface area (Å²) in [5, 5.41) is 15.5.